The standard InChI is InChI=1S/C17H24ClN3O3/c1-12(18)4-7-16(22)20(2)8-9-21(3)17(23)11-14-10-15(24-19-14)13-5-6-13/h10,13H,1,4-9,11H2,2-3H3. The van der Waals surface area contributed by atoms with E-state index in [2.05, 4.69) is 11.7 Å². The van der Waals surface area contributed by atoms with Gasteiger partial charge in [-0.1, -0.05) is 23.3 Å². The fourth-order valence-corrected chi connectivity index (χ4v) is 2.34. The molecule has 2 amide bonds. The monoisotopic (exact) mass is 353 g/mol. The van der Waals surface area contributed by atoms with Crippen LogP contribution in [0.2, 0.25) is 0 Å². The number of likely N-dealkylation sites (N-methyl/N-ethyl adjacent to an activating group) is 2. The number of nitrogens with zero attached hydrogens (tertiary/aromatic N) is 3. The van der Waals surface area contributed by atoms with Gasteiger partial charge in [-0.25, -0.2) is 0 Å². The zero-order valence-electron chi connectivity index (χ0n) is 14.3. The van der Waals surface area contributed by atoms with Crippen molar-refractivity contribution in [3.05, 3.63) is 29.1 Å². The Kier molecular flexibility index (Phi) is 6.43. The van der Waals surface area contributed by atoms with Crippen molar-refractivity contribution in [1.82, 2.24) is 15.0 Å². The number of amides is 2. The van der Waals surface area contributed by atoms with E-state index in [1.54, 1.807) is 23.9 Å². The van der Waals surface area contributed by atoms with Crippen molar-refractivity contribution >= 4 is 23.4 Å². The predicted octanol–water partition coefficient (Wildman–Crippen LogP) is 2.54. The minimum absolute atomic E-state index is 0.0109. The van der Waals surface area contributed by atoms with Crippen LogP contribution in [0.4, 0.5) is 0 Å². The van der Waals surface area contributed by atoms with Gasteiger partial charge < -0.3 is 14.3 Å². The van der Waals surface area contributed by atoms with Crippen molar-refractivity contribution in [2.45, 2.75) is 38.0 Å². The van der Waals surface area contributed by atoms with Gasteiger partial charge in [0.15, 0.2) is 0 Å². The highest BCUT2D eigenvalue weighted by Gasteiger charge is 2.28. The Labute approximate surface area is 147 Å². The van der Waals surface area contributed by atoms with Crippen LogP contribution in [0, 0.1) is 0 Å². The molecule has 1 aliphatic rings. The van der Waals surface area contributed by atoms with E-state index in [0.29, 0.717) is 42.6 Å². The second kappa shape index (κ2) is 8.33. The zero-order valence-corrected chi connectivity index (χ0v) is 15.0. The van der Waals surface area contributed by atoms with Crippen LogP contribution in [0.15, 0.2) is 22.2 Å². The highest BCUT2D eigenvalue weighted by atomic mass is 35.5. The zero-order chi connectivity index (χ0) is 17.7. The molecule has 0 saturated heterocycles. The fraction of sp³-hybridized carbons (Fsp3) is 0.588. The first kappa shape index (κ1) is 18.5. The molecule has 0 aliphatic heterocycles. The Morgan fingerprint density at radius 1 is 1.25 bits per heavy atom. The number of halogens is 1. The maximum absolute atomic E-state index is 12.2. The average Bonchev–Trinajstić information content (AvgIpc) is 3.29. The van der Waals surface area contributed by atoms with Crippen molar-refractivity contribution in [3.8, 4) is 0 Å². The summed E-state index contributed by atoms with van der Waals surface area (Å²) in [5.41, 5.74) is 0.666. The van der Waals surface area contributed by atoms with Crippen LogP contribution in [0.3, 0.4) is 0 Å². The first-order chi connectivity index (χ1) is 11.4. The first-order valence-corrected chi connectivity index (χ1v) is 8.51. The van der Waals surface area contributed by atoms with Gasteiger partial charge in [-0.2, -0.15) is 0 Å². The van der Waals surface area contributed by atoms with Gasteiger partial charge >= 0.3 is 0 Å². The van der Waals surface area contributed by atoms with Gasteiger partial charge in [0.25, 0.3) is 0 Å². The summed E-state index contributed by atoms with van der Waals surface area (Å²) < 4.78 is 5.25. The van der Waals surface area contributed by atoms with Crippen LogP contribution < -0.4 is 0 Å². The van der Waals surface area contributed by atoms with Gasteiger partial charge in [0.2, 0.25) is 11.8 Å². The molecule has 24 heavy (non-hydrogen) atoms. The number of aromatic nitrogens is 1. The molecule has 0 atom stereocenters. The molecule has 1 heterocycles. The summed E-state index contributed by atoms with van der Waals surface area (Å²) in [6.07, 6.45) is 3.30. The Bertz CT molecular complexity index is 610. The molecule has 1 saturated carbocycles. The molecule has 0 bridgehead atoms. The smallest absolute Gasteiger partial charge is 0.228 e. The summed E-state index contributed by atoms with van der Waals surface area (Å²) in [5, 5.41) is 4.43. The Hall–Kier alpha value is -1.82. The van der Waals surface area contributed by atoms with Crippen molar-refractivity contribution in [2.75, 3.05) is 27.2 Å². The molecule has 132 valence electrons. The molecule has 1 aromatic heterocycles. The van der Waals surface area contributed by atoms with Crippen molar-refractivity contribution in [1.29, 1.82) is 0 Å². The fourth-order valence-electron chi connectivity index (χ4n) is 2.24. The predicted molar refractivity (Wildman–Crippen MR) is 91.7 cm³/mol. The third-order valence-electron chi connectivity index (χ3n) is 4.12. The van der Waals surface area contributed by atoms with Gasteiger partial charge in [0.05, 0.1) is 12.1 Å². The van der Waals surface area contributed by atoms with E-state index < -0.39 is 0 Å². The van der Waals surface area contributed by atoms with Gasteiger partial charge in [-0.15, -0.1) is 0 Å². The maximum atomic E-state index is 12.2. The summed E-state index contributed by atoms with van der Waals surface area (Å²) >= 11 is 5.67. The second-order valence-corrected chi connectivity index (χ2v) is 6.85. The molecule has 0 unspecified atom stereocenters. The van der Waals surface area contributed by atoms with Gasteiger partial charge in [0.1, 0.15) is 5.76 Å². The normalized spacial score (nSPS) is 13.6. The van der Waals surface area contributed by atoms with Crippen molar-refractivity contribution < 1.29 is 14.1 Å². The molecule has 6 nitrogen and oxygen atoms in total. The lowest BCUT2D eigenvalue weighted by Crippen LogP contribution is -2.37. The largest absolute Gasteiger partial charge is 0.361 e. The molecule has 7 heteroatoms. The van der Waals surface area contributed by atoms with E-state index in [1.807, 2.05) is 6.07 Å². The van der Waals surface area contributed by atoms with E-state index >= 15 is 0 Å². The third kappa shape index (κ3) is 5.67. The molecule has 0 aromatic carbocycles. The van der Waals surface area contributed by atoms with Crippen LogP contribution in [0.5, 0.6) is 0 Å². The molecule has 1 aromatic rings. The number of carbonyl (C=O) groups is 2. The highest BCUT2D eigenvalue weighted by molar-refractivity contribution is 6.29. The van der Waals surface area contributed by atoms with Crippen LogP contribution in [0.25, 0.3) is 0 Å². The Morgan fingerprint density at radius 3 is 2.46 bits per heavy atom. The molecule has 0 N–H and O–H groups in total. The van der Waals surface area contributed by atoms with Crippen LogP contribution >= 0.6 is 11.6 Å². The SMILES string of the molecule is C=C(Cl)CCC(=O)N(C)CCN(C)C(=O)Cc1cc(C2CC2)on1. The minimum atomic E-state index is -0.0411. The lowest BCUT2D eigenvalue weighted by molar-refractivity contribution is -0.133. The van der Waals surface area contributed by atoms with Gasteiger partial charge in [0, 0.05) is 50.6 Å². The van der Waals surface area contributed by atoms with E-state index in [-0.39, 0.29) is 18.2 Å². The van der Waals surface area contributed by atoms with E-state index in [1.165, 1.54) is 0 Å². The topological polar surface area (TPSA) is 66.7 Å². The van der Waals surface area contributed by atoms with Crippen molar-refractivity contribution in [2.24, 2.45) is 0 Å². The van der Waals surface area contributed by atoms with Crippen LogP contribution in [-0.4, -0.2) is 54.0 Å². The quantitative estimate of drug-likeness (QED) is 0.684. The molecule has 0 radical (unpaired) electrons. The maximum Gasteiger partial charge on any atom is 0.228 e. The number of rotatable bonds is 9. The van der Waals surface area contributed by atoms with E-state index in [4.69, 9.17) is 16.1 Å². The van der Waals surface area contributed by atoms with E-state index in [0.717, 1.165) is 18.6 Å². The summed E-state index contributed by atoms with van der Waals surface area (Å²) in [7, 11) is 3.44. The summed E-state index contributed by atoms with van der Waals surface area (Å²) in [6.45, 7) is 4.51. The Morgan fingerprint density at radius 2 is 1.88 bits per heavy atom. The second-order valence-electron chi connectivity index (χ2n) is 6.32. The summed E-state index contributed by atoms with van der Waals surface area (Å²) in [4.78, 5) is 27.3. The first-order valence-electron chi connectivity index (χ1n) is 8.13. The number of allylic oxidation sites excluding steroid dienone is 1. The molecule has 1 aliphatic carbocycles. The molecular formula is C17H24ClN3O3. The lowest BCUT2D eigenvalue weighted by Gasteiger charge is -2.22. The van der Waals surface area contributed by atoms with Gasteiger partial charge in [-0.05, 0) is 19.3 Å². The summed E-state index contributed by atoms with van der Waals surface area (Å²) in [6, 6.07) is 1.87. The number of hydrogen-bond acceptors (Lipinski definition) is 4. The average molecular weight is 354 g/mol. The molecular weight excluding hydrogens is 330 g/mol. The lowest BCUT2D eigenvalue weighted by atomic mass is 10.2. The Balaban J connectivity index is 1.72. The third-order valence-corrected chi connectivity index (χ3v) is 4.31. The summed E-state index contributed by atoms with van der Waals surface area (Å²) in [5.74, 6) is 1.32. The number of carbonyl (C=O) groups excluding carboxylic acids is 2. The van der Waals surface area contributed by atoms with Crippen LogP contribution in [-0.2, 0) is 16.0 Å². The van der Waals surface area contributed by atoms with Crippen molar-refractivity contribution in [3.63, 3.8) is 0 Å². The highest BCUT2D eigenvalue weighted by Crippen LogP contribution is 2.40. The molecule has 1 fully saturated rings. The van der Waals surface area contributed by atoms with E-state index in [9.17, 15) is 9.59 Å². The minimum Gasteiger partial charge on any atom is -0.361 e. The molecule has 2 rings (SSSR count). The molecule has 0 spiro atoms. The van der Waals surface area contributed by atoms with Crippen LogP contribution in [0.1, 0.15) is 43.1 Å². The number of hydrogen-bond donors (Lipinski definition) is 0. The van der Waals surface area contributed by atoms with Gasteiger partial charge in [-0.3, -0.25) is 9.59 Å².